The SMILES string of the molecule is O=C(O)c1sc(Nc2ccc(O)cc2)nc1C(F)(F)F. The lowest BCUT2D eigenvalue weighted by molar-refractivity contribution is -0.141. The number of nitrogens with one attached hydrogen (secondary N) is 1. The van der Waals surface area contributed by atoms with E-state index in [0.29, 0.717) is 17.0 Å². The smallest absolute Gasteiger partial charge is 0.435 e. The van der Waals surface area contributed by atoms with Crippen molar-refractivity contribution in [3.05, 3.63) is 34.8 Å². The number of hydrogen-bond donors (Lipinski definition) is 3. The monoisotopic (exact) mass is 304 g/mol. The maximum absolute atomic E-state index is 12.6. The zero-order valence-electron chi connectivity index (χ0n) is 9.60. The molecule has 0 saturated heterocycles. The van der Waals surface area contributed by atoms with Gasteiger partial charge < -0.3 is 15.5 Å². The molecule has 0 amide bonds. The van der Waals surface area contributed by atoms with Gasteiger partial charge in [-0.25, -0.2) is 9.78 Å². The highest BCUT2D eigenvalue weighted by molar-refractivity contribution is 7.17. The number of thiazole rings is 1. The Morgan fingerprint density at radius 1 is 1.25 bits per heavy atom. The molecule has 106 valence electrons. The van der Waals surface area contributed by atoms with E-state index in [1.807, 2.05) is 0 Å². The second kappa shape index (κ2) is 5.00. The molecule has 0 bridgehead atoms. The number of aromatic nitrogens is 1. The predicted molar refractivity (Wildman–Crippen MR) is 65.5 cm³/mol. The molecule has 1 aromatic heterocycles. The number of carboxylic acids is 1. The van der Waals surface area contributed by atoms with Gasteiger partial charge in [0.1, 0.15) is 10.6 Å². The van der Waals surface area contributed by atoms with Gasteiger partial charge in [-0.3, -0.25) is 0 Å². The van der Waals surface area contributed by atoms with Crippen molar-refractivity contribution in [1.82, 2.24) is 4.98 Å². The Balaban J connectivity index is 2.34. The van der Waals surface area contributed by atoms with Gasteiger partial charge in [-0.1, -0.05) is 11.3 Å². The summed E-state index contributed by atoms with van der Waals surface area (Å²) in [4.78, 5) is 13.2. The van der Waals surface area contributed by atoms with Crippen LogP contribution in [0.1, 0.15) is 15.4 Å². The number of nitrogens with zero attached hydrogens (tertiary/aromatic N) is 1. The number of hydrogen-bond acceptors (Lipinski definition) is 5. The van der Waals surface area contributed by atoms with E-state index in [-0.39, 0.29) is 10.9 Å². The number of aromatic hydroxyl groups is 1. The number of rotatable bonds is 3. The van der Waals surface area contributed by atoms with Crippen LogP contribution in [0.4, 0.5) is 24.0 Å². The van der Waals surface area contributed by atoms with E-state index < -0.39 is 22.7 Å². The van der Waals surface area contributed by atoms with Crippen LogP contribution in [-0.2, 0) is 6.18 Å². The summed E-state index contributed by atoms with van der Waals surface area (Å²) in [5.41, 5.74) is -1.06. The van der Waals surface area contributed by atoms with E-state index >= 15 is 0 Å². The maximum atomic E-state index is 12.6. The van der Waals surface area contributed by atoms with Crippen LogP contribution in [0.2, 0.25) is 0 Å². The molecule has 0 aliphatic heterocycles. The first-order valence-corrected chi connectivity index (χ1v) is 5.96. The van der Waals surface area contributed by atoms with Crippen LogP contribution in [0.5, 0.6) is 5.75 Å². The summed E-state index contributed by atoms with van der Waals surface area (Å²) < 4.78 is 37.9. The summed E-state index contributed by atoms with van der Waals surface area (Å²) >= 11 is 0.389. The van der Waals surface area contributed by atoms with Gasteiger partial charge in [0, 0.05) is 5.69 Å². The van der Waals surface area contributed by atoms with Gasteiger partial charge in [0.15, 0.2) is 10.8 Å². The molecule has 0 fully saturated rings. The zero-order valence-corrected chi connectivity index (χ0v) is 10.4. The van der Waals surface area contributed by atoms with Gasteiger partial charge in [0.25, 0.3) is 0 Å². The molecule has 0 saturated carbocycles. The van der Waals surface area contributed by atoms with E-state index in [1.165, 1.54) is 24.3 Å². The van der Waals surface area contributed by atoms with E-state index in [9.17, 15) is 18.0 Å². The van der Waals surface area contributed by atoms with Gasteiger partial charge in [-0.05, 0) is 24.3 Å². The first kappa shape index (κ1) is 14.1. The van der Waals surface area contributed by atoms with Crippen LogP contribution in [0.15, 0.2) is 24.3 Å². The Kier molecular flexibility index (Phi) is 3.53. The number of halogens is 3. The topological polar surface area (TPSA) is 82.5 Å². The van der Waals surface area contributed by atoms with Gasteiger partial charge >= 0.3 is 12.1 Å². The average Bonchev–Trinajstić information content (AvgIpc) is 2.76. The molecule has 3 N–H and O–H groups in total. The number of phenolic OH excluding ortho intramolecular Hbond substituents is 1. The number of aromatic carboxylic acids is 1. The van der Waals surface area contributed by atoms with Crippen molar-refractivity contribution in [3.8, 4) is 5.75 Å². The molecule has 0 radical (unpaired) electrons. The van der Waals surface area contributed by atoms with Crippen molar-refractivity contribution in [3.63, 3.8) is 0 Å². The Hall–Kier alpha value is -2.29. The average molecular weight is 304 g/mol. The van der Waals surface area contributed by atoms with Crippen LogP contribution in [0, 0.1) is 0 Å². The lowest BCUT2D eigenvalue weighted by Gasteiger charge is -2.03. The zero-order chi connectivity index (χ0) is 14.9. The fourth-order valence-corrected chi connectivity index (χ4v) is 2.22. The van der Waals surface area contributed by atoms with Crippen molar-refractivity contribution in [1.29, 1.82) is 0 Å². The van der Waals surface area contributed by atoms with E-state index in [2.05, 4.69) is 10.3 Å². The van der Waals surface area contributed by atoms with Crippen molar-refractivity contribution >= 4 is 28.1 Å². The summed E-state index contributed by atoms with van der Waals surface area (Å²) in [6.45, 7) is 0. The van der Waals surface area contributed by atoms with Crippen LogP contribution >= 0.6 is 11.3 Å². The largest absolute Gasteiger partial charge is 0.508 e. The Morgan fingerprint density at radius 2 is 1.85 bits per heavy atom. The lowest BCUT2D eigenvalue weighted by Crippen LogP contribution is -2.11. The third-order valence-electron chi connectivity index (χ3n) is 2.21. The van der Waals surface area contributed by atoms with Crippen molar-refractivity contribution < 1.29 is 28.2 Å². The van der Waals surface area contributed by atoms with E-state index in [0.717, 1.165) is 0 Å². The quantitative estimate of drug-likeness (QED) is 0.758. The van der Waals surface area contributed by atoms with Crippen molar-refractivity contribution in [2.24, 2.45) is 0 Å². The third-order valence-corrected chi connectivity index (χ3v) is 3.17. The molecule has 5 nitrogen and oxygen atoms in total. The Labute approximate surface area is 114 Å². The van der Waals surface area contributed by atoms with Gasteiger partial charge in [0.05, 0.1) is 0 Å². The van der Waals surface area contributed by atoms with Crippen molar-refractivity contribution in [2.75, 3.05) is 5.32 Å². The molecule has 2 rings (SSSR count). The minimum atomic E-state index is -4.83. The highest BCUT2D eigenvalue weighted by atomic mass is 32.1. The van der Waals surface area contributed by atoms with Crippen LogP contribution in [-0.4, -0.2) is 21.2 Å². The molecular formula is C11H7F3N2O3S. The molecule has 0 aliphatic rings. The molecule has 0 atom stereocenters. The first-order valence-electron chi connectivity index (χ1n) is 5.15. The molecule has 1 aromatic carbocycles. The molecule has 0 aliphatic carbocycles. The van der Waals surface area contributed by atoms with Crippen LogP contribution in [0.3, 0.4) is 0 Å². The molecule has 2 aromatic rings. The van der Waals surface area contributed by atoms with Crippen molar-refractivity contribution in [2.45, 2.75) is 6.18 Å². The summed E-state index contributed by atoms with van der Waals surface area (Å²) in [7, 11) is 0. The third kappa shape index (κ3) is 2.99. The summed E-state index contributed by atoms with van der Waals surface area (Å²) in [5.74, 6) is -1.69. The van der Waals surface area contributed by atoms with Gasteiger partial charge in [-0.15, -0.1) is 0 Å². The fourth-order valence-electron chi connectivity index (χ4n) is 1.38. The minimum absolute atomic E-state index is 0.00288. The first-order chi connectivity index (χ1) is 9.27. The number of carbonyl (C=O) groups is 1. The summed E-state index contributed by atoms with van der Waals surface area (Å²) in [5, 5.41) is 20.2. The molecule has 9 heteroatoms. The van der Waals surface area contributed by atoms with Gasteiger partial charge in [-0.2, -0.15) is 13.2 Å². The fraction of sp³-hybridized carbons (Fsp3) is 0.0909. The second-order valence-corrected chi connectivity index (χ2v) is 4.67. The van der Waals surface area contributed by atoms with E-state index in [1.54, 1.807) is 0 Å². The standard InChI is InChI=1S/C11H7F3N2O3S/c12-11(13,14)8-7(9(18)19)20-10(16-8)15-5-1-3-6(17)4-2-5/h1-4,17H,(H,15,16)(H,18,19). The number of anilines is 2. The maximum Gasteiger partial charge on any atom is 0.435 e. The highest BCUT2D eigenvalue weighted by Gasteiger charge is 2.39. The van der Waals surface area contributed by atoms with Crippen LogP contribution < -0.4 is 5.32 Å². The number of benzene rings is 1. The minimum Gasteiger partial charge on any atom is -0.508 e. The van der Waals surface area contributed by atoms with Gasteiger partial charge in [0.2, 0.25) is 0 Å². The Bertz CT molecular complexity index is 637. The number of phenols is 1. The predicted octanol–water partition coefficient (Wildman–Crippen LogP) is 3.31. The second-order valence-electron chi connectivity index (χ2n) is 3.67. The number of alkyl halides is 3. The number of carboxylic acid groups (broad SMARTS) is 1. The normalized spacial score (nSPS) is 11.3. The lowest BCUT2D eigenvalue weighted by atomic mass is 10.3. The Morgan fingerprint density at radius 3 is 2.30 bits per heavy atom. The summed E-state index contributed by atoms with van der Waals surface area (Å²) in [6.07, 6.45) is -4.83. The molecule has 0 spiro atoms. The summed E-state index contributed by atoms with van der Waals surface area (Å²) in [6, 6.07) is 5.51. The molecule has 1 heterocycles. The highest BCUT2D eigenvalue weighted by Crippen LogP contribution is 2.37. The molecule has 20 heavy (non-hydrogen) atoms. The van der Waals surface area contributed by atoms with E-state index in [4.69, 9.17) is 10.2 Å². The molecule has 0 unspecified atom stereocenters. The molecular weight excluding hydrogens is 297 g/mol. The van der Waals surface area contributed by atoms with Crippen LogP contribution in [0.25, 0.3) is 0 Å².